The highest BCUT2D eigenvalue weighted by molar-refractivity contribution is 6.32. The Bertz CT molecular complexity index is 828. The smallest absolute Gasteiger partial charge is 0.267 e. The van der Waals surface area contributed by atoms with Crippen LogP contribution in [0.5, 0.6) is 11.5 Å². The molecule has 0 radical (unpaired) electrons. The number of phenolic OH excluding ortho intramolecular Hbond substituents is 1. The van der Waals surface area contributed by atoms with Crippen molar-refractivity contribution in [2.75, 3.05) is 17.7 Å². The molecule has 0 aliphatic carbocycles. The number of ether oxygens (including phenoxy) is 1. The molecule has 2 aromatic rings. The molecular formula is C17H14ClN3O3. The molecule has 0 aliphatic heterocycles. The molecule has 2 rings (SSSR count). The molecule has 1 amide bonds. The second-order valence-electron chi connectivity index (χ2n) is 4.63. The largest absolute Gasteiger partial charge is 0.506 e. The summed E-state index contributed by atoms with van der Waals surface area (Å²) in [4.78, 5) is 12.1. The third-order valence-corrected chi connectivity index (χ3v) is 3.35. The second kappa shape index (κ2) is 7.90. The van der Waals surface area contributed by atoms with Crippen LogP contribution in [0.1, 0.15) is 0 Å². The van der Waals surface area contributed by atoms with E-state index in [1.165, 1.54) is 25.4 Å². The number of amides is 1. The highest BCUT2D eigenvalue weighted by Gasteiger charge is 2.11. The number of rotatable bonds is 5. The Hall–Kier alpha value is -3.17. The maximum Gasteiger partial charge on any atom is 0.267 e. The molecule has 3 N–H and O–H groups in total. The van der Waals surface area contributed by atoms with Crippen molar-refractivity contribution < 1.29 is 14.6 Å². The standard InChI is InChI=1S/C17H14ClN3O3/c1-24-16-7-6-12(8-13(16)18)20-10-11(9-19)17(23)21-14-4-2-3-5-15(14)22/h2-8,10,20,22H,1H3,(H,21,23)/b11-10-. The first kappa shape index (κ1) is 17.2. The van der Waals surface area contributed by atoms with Crippen LogP contribution < -0.4 is 15.4 Å². The van der Waals surface area contributed by atoms with E-state index in [-0.39, 0.29) is 17.0 Å². The molecule has 0 aliphatic rings. The summed E-state index contributed by atoms with van der Waals surface area (Å²) in [6.45, 7) is 0. The number of carbonyl (C=O) groups is 1. The van der Waals surface area contributed by atoms with Gasteiger partial charge in [0, 0.05) is 11.9 Å². The van der Waals surface area contributed by atoms with Gasteiger partial charge in [-0.15, -0.1) is 0 Å². The van der Waals surface area contributed by atoms with Gasteiger partial charge in [-0.3, -0.25) is 4.79 Å². The number of methoxy groups -OCH3 is 1. The minimum atomic E-state index is -0.647. The zero-order chi connectivity index (χ0) is 17.5. The van der Waals surface area contributed by atoms with Gasteiger partial charge >= 0.3 is 0 Å². The van der Waals surface area contributed by atoms with Gasteiger partial charge < -0.3 is 20.5 Å². The van der Waals surface area contributed by atoms with Crippen LogP contribution in [0.4, 0.5) is 11.4 Å². The average molecular weight is 344 g/mol. The molecule has 0 saturated heterocycles. The number of halogens is 1. The highest BCUT2D eigenvalue weighted by Crippen LogP contribution is 2.27. The Morgan fingerprint density at radius 2 is 2.08 bits per heavy atom. The predicted octanol–water partition coefficient (Wildman–Crippen LogP) is 3.51. The van der Waals surface area contributed by atoms with Crippen LogP contribution in [0.2, 0.25) is 5.02 Å². The van der Waals surface area contributed by atoms with Crippen molar-refractivity contribution in [3.8, 4) is 17.6 Å². The van der Waals surface area contributed by atoms with Crippen molar-refractivity contribution in [2.24, 2.45) is 0 Å². The van der Waals surface area contributed by atoms with E-state index in [1.807, 2.05) is 0 Å². The number of hydrogen-bond acceptors (Lipinski definition) is 5. The van der Waals surface area contributed by atoms with Gasteiger partial charge in [0.05, 0.1) is 17.8 Å². The number of aromatic hydroxyl groups is 1. The van der Waals surface area contributed by atoms with Crippen LogP contribution >= 0.6 is 11.6 Å². The molecule has 0 bridgehead atoms. The Balaban J connectivity index is 2.11. The zero-order valence-electron chi connectivity index (χ0n) is 12.7. The summed E-state index contributed by atoms with van der Waals surface area (Å²) >= 11 is 6.01. The van der Waals surface area contributed by atoms with Crippen LogP contribution in [-0.4, -0.2) is 18.1 Å². The van der Waals surface area contributed by atoms with Gasteiger partial charge in [0.1, 0.15) is 23.1 Å². The molecule has 0 spiro atoms. The lowest BCUT2D eigenvalue weighted by Gasteiger charge is -2.08. The number of carbonyl (C=O) groups excluding carboxylic acids is 1. The molecule has 7 heteroatoms. The molecular weight excluding hydrogens is 330 g/mol. The Morgan fingerprint density at radius 1 is 1.33 bits per heavy atom. The lowest BCUT2D eigenvalue weighted by Crippen LogP contribution is -2.14. The number of para-hydroxylation sites is 2. The lowest BCUT2D eigenvalue weighted by molar-refractivity contribution is -0.112. The van der Waals surface area contributed by atoms with Gasteiger partial charge in [-0.2, -0.15) is 5.26 Å². The maximum atomic E-state index is 12.1. The van der Waals surface area contributed by atoms with E-state index in [0.29, 0.717) is 16.5 Å². The van der Waals surface area contributed by atoms with Gasteiger partial charge in [0.25, 0.3) is 5.91 Å². The van der Waals surface area contributed by atoms with E-state index in [2.05, 4.69) is 10.6 Å². The fraction of sp³-hybridized carbons (Fsp3) is 0.0588. The molecule has 2 aromatic carbocycles. The van der Waals surface area contributed by atoms with Crippen molar-refractivity contribution >= 4 is 28.9 Å². The number of benzene rings is 2. The summed E-state index contributed by atoms with van der Waals surface area (Å²) < 4.78 is 5.05. The van der Waals surface area contributed by atoms with Crippen LogP contribution in [-0.2, 0) is 4.79 Å². The van der Waals surface area contributed by atoms with Crippen molar-refractivity contribution in [1.82, 2.24) is 0 Å². The van der Waals surface area contributed by atoms with E-state index in [9.17, 15) is 9.90 Å². The highest BCUT2D eigenvalue weighted by atomic mass is 35.5. The molecule has 0 heterocycles. The number of nitrogens with one attached hydrogen (secondary N) is 2. The third kappa shape index (κ3) is 4.18. The fourth-order valence-corrected chi connectivity index (χ4v) is 2.09. The molecule has 0 atom stereocenters. The molecule has 0 fully saturated rings. The lowest BCUT2D eigenvalue weighted by atomic mass is 10.2. The zero-order valence-corrected chi connectivity index (χ0v) is 13.5. The van der Waals surface area contributed by atoms with E-state index >= 15 is 0 Å². The first-order chi connectivity index (χ1) is 11.5. The van der Waals surface area contributed by atoms with Gasteiger partial charge in [-0.05, 0) is 30.3 Å². The van der Waals surface area contributed by atoms with Crippen molar-refractivity contribution in [1.29, 1.82) is 5.26 Å². The molecule has 0 unspecified atom stereocenters. The van der Waals surface area contributed by atoms with Gasteiger partial charge in [0.15, 0.2) is 0 Å². The summed E-state index contributed by atoms with van der Waals surface area (Å²) in [6, 6.07) is 13.0. The first-order valence-electron chi connectivity index (χ1n) is 6.85. The number of nitrogens with zero attached hydrogens (tertiary/aromatic N) is 1. The van der Waals surface area contributed by atoms with Crippen LogP contribution in [0.25, 0.3) is 0 Å². The maximum absolute atomic E-state index is 12.1. The van der Waals surface area contributed by atoms with Crippen LogP contribution in [0.15, 0.2) is 54.2 Å². The number of hydrogen-bond donors (Lipinski definition) is 3. The number of nitriles is 1. The Kier molecular flexibility index (Phi) is 5.66. The topological polar surface area (TPSA) is 94.4 Å². The van der Waals surface area contributed by atoms with Crippen molar-refractivity contribution in [3.05, 3.63) is 59.3 Å². The summed E-state index contributed by atoms with van der Waals surface area (Å²) in [5.74, 6) is -0.215. The van der Waals surface area contributed by atoms with Gasteiger partial charge in [-0.25, -0.2) is 0 Å². The monoisotopic (exact) mass is 343 g/mol. The number of anilines is 2. The summed E-state index contributed by atoms with van der Waals surface area (Å²) in [5, 5.41) is 24.5. The molecule has 0 aromatic heterocycles. The third-order valence-electron chi connectivity index (χ3n) is 3.05. The molecule has 0 saturated carbocycles. The summed E-state index contributed by atoms with van der Waals surface area (Å²) in [6.07, 6.45) is 1.26. The van der Waals surface area contributed by atoms with Crippen molar-refractivity contribution in [2.45, 2.75) is 0 Å². The van der Waals surface area contributed by atoms with Crippen molar-refractivity contribution in [3.63, 3.8) is 0 Å². The number of phenols is 1. The molecule has 24 heavy (non-hydrogen) atoms. The minimum Gasteiger partial charge on any atom is -0.506 e. The first-order valence-corrected chi connectivity index (χ1v) is 7.22. The second-order valence-corrected chi connectivity index (χ2v) is 5.04. The van der Waals surface area contributed by atoms with Gasteiger partial charge in [0.2, 0.25) is 0 Å². The van der Waals surface area contributed by atoms with E-state index in [1.54, 1.807) is 36.4 Å². The quantitative estimate of drug-likeness (QED) is 0.438. The van der Waals surface area contributed by atoms with Crippen LogP contribution in [0, 0.1) is 11.3 Å². The Morgan fingerprint density at radius 3 is 2.71 bits per heavy atom. The van der Waals surface area contributed by atoms with Crippen LogP contribution in [0.3, 0.4) is 0 Å². The minimum absolute atomic E-state index is 0.0852. The fourth-order valence-electron chi connectivity index (χ4n) is 1.83. The summed E-state index contributed by atoms with van der Waals surface area (Å²) in [7, 11) is 1.51. The van der Waals surface area contributed by atoms with E-state index in [0.717, 1.165) is 0 Å². The average Bonchev–Trinajstić information content (AvgIpc) is 2.57. The SMILES string of the molecule is COc1ccc(N/C=C(/C#N)C(=O)Nc2ccccc2O)cc1Cl. The van der Waals surface area contributed by atoms with E-state index in [4.69, 9.17) is 21.6 Å². The molecule has 122 valence electrons. The normalized spacial score (nSPS) is 10.6. The Labute approximate surface area is 143 Å². The van der Waals surface area contributed by atoms with E-state index < -0.39 is 5.91 Å². The van der Waals surface area contributed by atoms with Gasteiger partial charge in [-0.1, -0.05) is 23.7 Å². The molecule has 6 nitrogen and oxygen atoms in total. The summed E-state index contributed by atoms with van der Waals surface area (Å²) in [5.41, 5.74) is 0.644. The predicted molar refractivity (Wildman–Crippen MR) is 92.1 cm³/mol.